The van der Waals surface area contributed by atoms with E-state index in [1.54, 1.807) is 16.8 Å². The summed E-state index contributed by atoms with van der Waals surface area (Å²) in [5.41, 5.74) is 1.92. The van der Waals surface area contributed by atoms with Gasteiger partial charge in [-0.3, -0.25) is 4.79 Å². The zero-order valence-electron chi connectivity index (χ0n) is 13.1. The molecule has 0 aromatic carbocycles. The lowest BCUT2D eigenvalue weighted by molar-refractivity contribution is 0.0946. The van der Waals surface area contributed by atoms with E-state index >= 15 is 0 Å². The summed E-state index contributed by atoms with van der Waals surface area (Å²) >= 11 is 0. The third kappa shape index (κ3) is 3.60. The molecular weight excluding hydrogens is 264 g/mol. The summed E-state index contributed by atoms with van der Waals surface area (Å²) in [7, 11) is 0. The zero-order chi connectivity index (χ0) is 15.2. The molecule has 0 saturated heterocycles. The van der Waals surface area contributed by atoms with Crippen LogP contribution in [0.5, 0.6) is 0 Å². The van der Waals surface area contributed by atoms with Crippen LogP contribution in [0.25, 0.3) is 5.65 Å². The van der Waals surface area contributed by atoms with Crippen molar-refractivity contribution in [2.75, 3.05) is 6.54 Å². The van der Waals surface area contributed by atoms with Gasteiger partial charge in [0.1, 0.15) is 5.56 Å². The molecule has 1 N–H and O–H groups in total. The number of nitrogens with one attached hydrogen (secondary N) is 1. The van der Waals surface area contributed by atoms with Crippen LogP contribution >= 0.6 is 0 Å². The van der Waals surface area contributed by atoms with E-state index in [2.05, 4.69) is 29.2 Å². The molecule has 21 heavy (non-hydrogen) atoms. The Morgan fingerprint density at radius 1 is 1.43 bits per heavy atom. The SMILES string of the molecule is CCCCC(CC)CNC(=O)c1c(C)nn2cccnc12. The van der Waals surface area contributed by atoms with Crippen LogP contribution < -0.4 is 5.32 Å². The largest absolute Gasteiger partial charge is 0.352 e. The minimum Gasteiger partial charge on any atom is -0.352 e. The predicted octanol–water partition coefficient (Wildman–Crippen LogP) is 2.98. The summed E-state index contributed by atoms with van der Waals surface area (Å²) in [6.45, 7) is 6.94. The summed E-state index contributed by atoms with van der Waals surface area (Å²) < 4.78 is 1.65. The van der Waals surface area contributed by atoms with E-state index in [9.17, 15) is 4.79 Å². The van der Waals surface area contributed by atoms with Gasteiger partial charge in [-0.05, 0) is 25.3 Å². The lowest BCUT2D eigenvalue weighted by atomic mass is 9.99. The van der Waals surface area contributed by atoms with Crippen molar-refractivity contribution in [1.82, 2.24) is 19.9 Å². The van der Waals surface area contributed by atoms with Crippen LogP contribution in [0.2, 0.25) is 0 Å². The average molecular weight is 288 g/mol. The van der Waals surface area contributed by atoms with Gasteiger partial charge in [0, 0.05) is 18.9 Å². The highest BCUT2D eigenvalue weighted by molar-refractivity contribution is 6.00. The minimum atomic E-state index is -0.0730. The molecule has 2 aromatic rings. The first-order valence-electron chi connectivity index (χ1n) is 7.75. The molecular formula is C16H24N4O. The van der Waals surface area contributed by atoms with Crippen molar-refractivity contribution in [3.8, 4) is 0 Å². The fraction of sp³-hybridized carbons (Fsp3) is 0.562. The van der Waals surface area contributed by atoms with E-state index in [1.807, 2.05) is 13.1 Å². The third-order valence-electron chi connectivity index (χ3n) is 3.89. The molecule has 0 radical (unpaired) electrons. The summed E-state index contributed by atoms with van der Waals surface area (Å²) in [4.78, 5) is 16.7. The topological polar surface area (TPSA) is 59.3 Å². The van der Waals surface area contributed by atoms with Crippen molar-refractivity contribution in [2.24, 2.45) is 5.92 Å². The van der Waals surface area contributed by atoms with Crippen LogP contribution in [0, 0.1) is 12.8 Å². The maximum Gasteiger partial charge on any atom is 0.257 e. The van der Waals surface area contributed by atoms with Gasteiger partial charge in [0.25, 0.3) is 5.91 Å². The molecule has 5 nitrogen and oxygen atoms in total. The number of aryl methyl sites for hydroxylation is 1. The molecule has 0 saturated carbocycles. The molecule has 1 unspecified atom stereocenters. The Bertz CT molecular complexity index is 605. The van der Waals surface area contributed by atoms with Gasteiger partial charge in [0.05, 0.1) is 5.69 Å². The molecule has 1 atom stereocenters. The monoisotopic (exact) mass is 288 g/mol. The van der Waals surface area contributed by atoms with Gasteiger partial charge < -0.3 is 5.32 Å². The molecule has 2 rings (SSSR count). The highest BCUT2D eigenvalue weighted by Crippen LogP contribution is 2.14. The Morgan fingerprint density at radius 3 is 2.95 bits per heavy atom. The maximum absolute atomic E-state index is 12.4. The van der Waals surface area contributed by atoms with Crippen molar-refractivity contribution in [2.45, 2.75) is 46.5 Å². The summed E-state index contributed by atoms with van der Waals surface area (Å²) in [6.07, 6.45) is 8.16. The van der Waals surface area contributed by atoms with Crippen LogP contribution in [-0.4, -0.2) is 27.0 Å². The quantitative estimate of drug-likeness (QED) is 0.852. The number of hydrogen-bond donors (Lipinski definition) is 1. The average Bonchev–Trinajstić information content (AvgIpc) is 2.83. The number of nitrogens with zero attached hydrogens (tertiary/aromatic N) is 3. The molecule has 0 aliphatic rings. The first-order valence-corrected chi connectivity index (χ1v) is 7.75. The molecule has 2 heterocycles. The van der Waals surface area contributed by atoms with Gasteiger partial charge in [0.2, 0.25) is 0 Å². The molecule has 0 fully saturated rings. The number of rotatable bonds is 7. The number of amides is 1. The Hall–Kier alpha value is -1.91. The summed E-state index contributed by atoms with van der Waals surface area (Å²) in [6, 6.07) is 1.80. The maximum atomic E-state index is 12.4. The summed E-state index contributed by atoms with van der Waals surface area (Å²) in [5, 5.41) is 7.37. The Morgan fingerprint density at radius 2 is 2.24 bits per heavy atom. The van der Waals surface area contributed by atoms with E-state index in [1.165, 1.54) is 19.3 Å². The lowest BCUT2D eigenvalue weighted by Crippen LogP contribution is -2.29. The van der Waals surface area contributed by atoms with Gasteiger partial charge in [-0.15, -0.1) is 0 Å². The third-order valence-corrected chi connectivity index (χ3v) is 3.89. The number of carbonyl (C=O) groups is 1. The Balaban J connectivity index is 2.07. The van der Waals surface area contributed by atoms with E-state index < -0.39 is 0 Å². The van der Waals surface area contributed by atoms with Crippen LogP contribution in [0.15, 0.2) is 18.5 Å². The Kier molecular flexibility index (Phi) is 5.31. The molecule has 114 valence electrons. The van der Waals surface area contributed by atoms with Gasteiger partial charge in [-0.2, -0.15) is 5.10 Å². The lowest BCUT2D eigenvalue weighted by Gasteiger charge is -2.15. The molecule has 0 aliphatic carbocycles. The highest BCUT2D eigenvalue weighted by atomic mass is 16.1. The van der Waals surface area contributed by atoms with Crippen LogP contribution in [-0.2, 0) is 0 Å². The number of fused-ring (bicyclic) bond motifs is 1. The van der Waals surface area contributed by atoms with E-state index in [4.69, 9.17) is 0 Å². The van der Waals surface area contributed by atoms with Gasteiger partial charge in [0.15, 0.2) is 5.65 Å². The number of carbonyl (C=O) groups excluding carboxylic acids is 1. The van der Waals surface area contributed by atoms with E-state index in [0.29, 0.717) is 22.8 Å². The van der Waals surface area contributed by atoms with Crippen molar-refractivity contribution in [3.05, 3.63) is 29.7 Å². The van der Waals surface area contributed by atoms with Gasteiger partial charge in [-0.1, -0.05) is 33.1 Å². The standard InChI is InChI=1S/C16H24N4O/c1-4-6-8-13(5-2)11-18-16(21)14-12(3)19-20-10-7-9-17-15(14)20/h7,9-10,13H,4-6,8,11H2,1-3H3,(H,18,21). The second-order valence-electron chi connectivity index (χ2n) is 5.47. The normalized spacial score (nSPS) is 12.5. The second-order valence-corrected chi connectivity index (χ2v) is 5.47. The molecule has 5 heteroatoms. The van der Waals surface area contributed by atoms with Crippen molar-refractivity contribution >= 4 is 11.6 Å². The van der Waals surface area contributed by atoms with Gasteiger partial charge >= 0.3 is 0 Å². The second kappa shape index (κ2) is 7.20. The number of aromatic nitrogens is 3. The predicted molar refractivity (Wildman–Crippen MR) is 83.4 cm³/mol. The highest BCUT2D eigenvalue weighted by Gasteiger charge is 2.18. The van der Waals surface area contributed by atoms with Crippen molar-refractivity contribution < 1.29 is 4.79 Å². The zero-order valence-corrected chi connectivity index (χ0v) is 13.1. The summed E-state index contributed by atoms with van der Waals surface area (Å²) in [5.74, 6) is 0.472. The van der Waals surface area contributed by atoms with E-state index in [-0.39, 0.29) is 5.91 Å². The Labute approximate surface area is 125 Å². The first-order chi connectivity index (χ1) is 10.2. The molecule has 0 aliphatic heterocycles. The van der Waals surface area contributed by atoms with Crippen molar-refractivity contribution in [3.63, 3.8) is 0 Å². The molecule has 0 bridgehead atoms. The fourth-order valence-electron chi connectivity index (χ4n) is 2.53. The van der Waals surface area contributed by atoms with Crippen LogP contribution in [0.1, 0.15) is 55.6 Å². The van der Waals surface area contributed by atoms with Gasteiger partial charge in [-0.25, -0.2) is 9.50 Å². The molecule has 1 amide bonds. The molecule has 0 spiro atoms. The van der Waals surface area contributed by atoms with E-state index in [0.717, 1.165) is 13.0 Å². The number of hydrogen-bond acceptors (Lipinski definition) is 3. The first kappa shape index (κ1) is 15.5. The molecule has 2 aromatic heterocycles. The van der Waals surface area contributed by atoms with Crippen LogP contribution in [0.4, 0.5) is 0 Å². The fourth-order valence-corrected chi connectivity index (χ4v) is 2.53. The van der Waals surface area contributed by atoms with Crippen LogP contribution in [0.3, 0.4) is 0 Å². The smallest absolute Gasteiger partial charge is 0.257 e. The number of unbranched alkanes of at least 4 members (excludes halogenated alkanes) is 1. The van der Waals surface area contributed by atoms with Crippen molar-refractivity contribution in [1.29, 1.82) is 0 Å². The minimum absolute atomic E-state index is 0.0730.